The minimum Gasteiger partial charge on any atom is -0.399 e. The molecule has 1 heterocycles. The number of benzene rings is 7. The van der Waals surface area contributed by atoms with Crippen molar-refractivity contribution < 1.29 is 0 Å². The number of hydrogen-bond acceptors (Lipinski definition) is 4. The Bertz CT molecular complexity index is 2290. The Hall–Kier alpha value is -6.39. The second kappa shape index (κ2) is 12.2. The van der Waals surface area contributed by atoms with Crippen LogP contribution in [0.4, 0.5) is 5.69 Å². The fourth-order valence-electron chi connectivity index (χ4n) is 6.13. The second-order valence-corrected chi connectivity index (χ2v) is 11.5. The van der Waals surface area contributed by atoms with Crippen LogP contribution in [-0.2, 0) is 0 Å². The summed E-state index contributed by atoms with van der Waals surface area (Å²) in [6, 6.07) is 58.4. The lowest BCUT2D eigenvalue weighted by atomic mass is 9.88. The Labute approximate surface area is 273 Å². The molecule has 0 saturated heterocycles. The maximum atomic E-state index is 6.12. The van der Waals surface area contributed by atoms with Crippen molar-refractivity contribution in [1.29, 1.82) is 0 Å². The zero-order valence-corrected chi connectivity index (χ0v) is 25.6. The Kier molecular flexibility index (Phi) is 7.29. The first-order chi connectivity index (χ1) is 23.2. The first kappa shape index (κ1) is 28.1. The highest BCUT2D eigenvalue weighted by atomic mass is 15.0. The van der Waals surface area contributed by atoms with Crippen molar-refractivity contribution in [3.63, 3.8) is 0 Å². The van der Waals surface area contributed by atoms with E-state index in [0.29, 0.717) is 17.5 Å². The van der Waals surface area contributed by atoms with Crippen LogP contribution in [0.5, 0.6) is 0 Å². The SMILES string of the molecule is Nc1cccc(-c2cccc(-c3ccc4ccccc4c3-c3ccc(-c4nc(-c5ccccc5)nc(-c5ccccc5)n4)cc3)c2)c1. The summed E-state index contributed by atoms with van der Waals surface area (Å²) in [4.78, 5) is 14.7. The van der Waals surface area contributed by atoms with E-state index < -0.39 is 0 Å². The predicted octanol–water partition coefficient (Wildman–Crippen LogP) is 10.6. The lowest BCUT2D eigenvalue weighted by molar-refractivity contribution is 1.07. The molecule has 8 rings (SSSR count). The normalized spacial score (nSPS) is 11.1. The van der Waals surface area contributed by atoms with E-state index in [-0.39, 0.29) is 0 Å². The summed E-state index contributed by atoms with van der Waals surface area (Å²) in [5.41, 5.74) is 16.5. The molecule has 0 unspecified atom stereocenters. The van der Waals surface area contributed by atoms with Gasteiger partial charge in [0, 0.05) is 22.4 Å². The maximum Gasteiger partial charge on any atom is 0.164 e. The van der Waals surface area contributed by atoms with Crippen molar-refractivity contribution in [2.24, 2.45) is 0 Å². The van der Waals surface area contributed by atoms with Crippen molar-refractivity contribution in [2.45, 2.75) is 0 Å². The Morgan fingerprint density at radius 2 is 0.830 bits per heavy atom. The Balaban J connectivity index is 1.25. The molecule has 1 aromatic heterocycles. The number of nitrogens with two attached hydrogens (primary N) is 1. The quantitative estimate of drug-likeness (QED) is 0.192. The highest BCUT2D eigenvalue weighted by Crippen LogP contribution is 2.40. The summed E-state index contributed by atoms with van der Waals surface area (Å²) in [6.45, 7) is 0. The van der Waals surface area contributed by atoms with E-state index in [1.165, 1.54) is 21.9 Å². The van der Waals surface area contributed by atoms with Gasteiger partial charge in [-0.25, -0.2) is 15.0 Å². The summed E-state index contributed by atoms with van der Waals surface area (Å²) in [6.07, 6.45) is 0. The van der Waals surface area contributed by atoms with Gasteiger partial charge in [-0.3, -0.25) is 0 Å². The van der Waals surface area contributed by atoms with Gasteiger partial charge in [-0.05, 0) is 62.4 Å². The zero-order chi connectivity index (χ0) is 31.6. The van der Waals surface area contributed by atoms with Gasteiger partial charge in [0.2, 0.25) is 0 Å². The molecule has 0 spiro atoms. The van der Waals surface area contributed by atoms with E-state index in [1.807, 2.05) is 78.9 Å². The van der Waals surface area contributed by atoms with Gasteiger partial charge in [0.15, 0.2) is 17.5 Å². The third kappa shape index (κ3) is 5.65. The van der Waals surface area contributed by atoms with Crippen LogP contribution in [0.1, 0.15) is 0 Å². The summed E-state index contributed by atoms with van der Waals surface area (Å²) in [7, 11) is 0. The molecule has 0 atom stereocenters. The molecule has 222 valence electrons. The Morgan fingerprint density at radius 1 is 0.340 bits per heavy atom. The number of fused-ring (bicyclic) bond motifs is 1. The second-order valence-electron chi connectivity index (χ2n) is 11.5. The number of aromatic nitrogens is 3. The van der Waals surface area contributed by atoms with Gasteiger partial charge in [0.25, 0.3) is 0 Å². The van der Waals surface area contributed by atoms with Crippen LogP contribution >= 0.6 is 0 Å². The molecule has 0 bridgehead atoms. The van der Waals surface area contributed by atoms with Crippen LogP contribution < -0.4 is 5.73 Å². The first-order valence-electron chi connectivity index (χ1n) is 15.7. The van der Waals surface area contributed by atoms with Gasteiger partial charge >= 0.3 is 0 Å². The van der Waals surface area contributed by atoms with Gasteiger partial charge in [-0.15, -0.1) is 0 Å². The van der Waals surface area contributed by atoms with E-state index in [4.69, 9.17) is 20.7 Å². The van der Waals surface area contributed by atoms with Gasteiger partial charge in [0.1, 0.15) is 0 Å². The molecule has 0 radical (unpaired) electrons. The molecule has 4 heteroatoms. The molecule has 2 N–H and O–H groups in total. The lowest BCUT2D eigenvalue weighted by Crippen LogP contribution is -2.00. The van der Waals surface area contributed by atoms with E-state index in [2.05, 4.69) is 91.0 Å². The number of anilines is 1. The molecule has 0 aliphatic carbocycles. The van der Waals surface area contributed by atoms with E-state index in [1.54, 1.807) is 0 Å². The monoisotopic (exact) mass is 602 g/mol. The fourth-order valence-corrected chi connectivity index (χ4v) is 6.13. The van der Waals surface area contributed by atoms with Crippen molar-refractivity contribution in [1.82, 2.24) is 15.0 Å². The highest BCUT2D eigenvalue weighted by Gasteiger charge is 2.15. The van der Waals surface area contributed by atoms with Gasteiger partial charge in [-0.1, -0.05) is 152 Å². The molecule has 0 aliphatic heterocycles. The van der Waals surface area contributed by atoms with Crippen LogP contribution in [-0.4, -0.2) is 15.0 Å². The summed E-state index contributed by atoms with van der Waals surface area (Å²) >= 11 is 0. The molecule has 47 heavy (non-hydrogen) atoms. The maximum absolute atomic E-state index is 6.12. The van der Waals surface area contributed by atoms with Crippen molar-refractivity contribution >= 4 is 16.5 Å². The molecule has 7 aromatic carbocycles. The summed E-state index contributed by atoms with van der Waals surface area (Å²) < 4.78 is 0. The molecule has 8 aromatic rings. The molecule has 0 fully saturated rings. The third-order valence-electron chi connectivity index (χ3n) is 8.45. The van der Waals surface area contributed by atoms with Gasteiger partial charge < -0.3 is 5.73 Å². The number of rotatable bonds is 6. The van der Waals surface area contributed by atoms with Crippen molar-refractivity contribution in [3.8, 4) is 67.5 Å². The van der Waals surface area contributed by atoms with Crippen LogP contribution in [0.2, 0.25) is 0 Å². The van der Waals surface area contributed by atoms with Crippen LogP contribution in [0, 0.1) is 0 Å². The van der Waals surface area contributed by atoms with Gasteiger partial charge in [-0.2, -0.15) is 0 Å². The summed E-state index contributed by atoms with van der Waals surface area (Å²) in [5.74, 6) is 1.93. The first-order valence-corrected chi connectivity index (χ1v) is 15.7. The number of nitrogens with zero attached hydrogens (tertiary/aromatic N) is 3. The molecule has 4 nitrogen and oxygen atoms in total. The van der Waals surface area contributed by atoms with E-state index in [0.717, 1.165) is 44.6 Å². The molecular formula is C43H30N4. The summed E-state index contributed by atoms with van der Waals surface area (Å²) in [5, 5.41) is 2.39. The molecular weight excluding hydrogens is 573 g/mol. The third-order valence-corrected chi connectivity index (χ3v) is 8.45. The zero-order valence-electron chi connectivity index (χ0n) is 25.6. The smallest absolute Gasteiger partial charge is 0.164 e. The average molecular weight is 603 g/mol. The minimum atomic E-state index is 0.636. The highest BCUT2D eigenvalue weighted by molar-refractivity contribution is 6.04. The number of nitrogen functional groups attached to an aromatic ring is 1. The van der Waals surface area contributed by atoms with Crippen LogP contribution in [0.3, 0.4) is 0 Å². The number of hydrogen-bond donors (Lipinski definition) is 1. The fraction of sp³-hybridized carbons (Fsp3) is 0. The standard InChI is InChI=1S/C43H30N4/c44-37-19-10-17-35(28-37)34-16-9-18-36(27-34)39-26-25-29-11-7-8-20-38(29)40(39)30-21-23-33(24-22-30)43-46-41(31-12-3-1-4-13-31)45-42(47-43)32-14-5-2-6-15-32/h1-28H,44H2. The van der Waals surface area contributed by atoms with Crippen LogP contribution in [0.15, 0.2) is 170 Å². The van der Waals surface area contributed by atoms with E-state index >= 15 is 0 Å². The van der Waals surface area contributed by atoms with Crippen molar-refractivity contribution in [2.75, 3.05) is 5.73 Å². The van der Waals surface area contributed by atoms with Gasteiger partial charge in [0.05, 0.1) is 0 Å². The topological polar surface area (TPSA) is 64.7 Å². The largest absolute Gasteiger partial charge is 0.399 e. The van der Waals surface area contributed by atoms with Crippen LogP contribution in [0.25, 0.3) is 78.3 Å². The Morgan fingerprint density at radius 3 is 1.47 bits per heavy atom. The minimum absolute atomic E-state index is 0.636. The molecule has 0 aliphatic rings. The lowest BCUT2D eigenvalue weighted by Gasteiger charge is -2.16. The molecule has 0 saturated carbocycles. The van der Waals surface area contributed by atoms with Crippen molar-refractivity contribution in [3.05, 3.63) is 170 Å². The van der Waals surface area contributed by atoms with E-state index in [9.17, 15) is 0 Å². The average Bonchev–Trinajstić information content (AvgIpc) is 3.15. The predicted molar refractivity (Wildman–Crippen MR) is 194 cm³/mol. The molecule has 0 amide bonds.